The summed E-state index contributed by atoms with van der Waals surface area (Å²) in [5.41, 5.74) is -0.169. The number of hydrogen-bond acceptors (Lipinski definition) is 3. The minimum absolute atomic E-state index is 0.282. The average molecular weight is 359 g/mol. The Labute approximate surface area is 145 Å². The third kappa shape index (κ3) is 4.52. The maximum Gasteiger partial charge on any atom is 0.410 e. The second kappa shape index (κ2) is 6.97. The van der Waals surface area contributed by atoms with Crippen LogP contribution < -0.4 is 5.32 Å². The molecule has 2 rings (SSSR count). The van der Waals surface area contributed by atoms with E-state index in [2.05, 4.69) is 5.32 Å². The number of anilines is 1. The Morgan fingerprint density at radius 3 is 2.65 bits per heavy atom. The van der Waals surface area contributed by atoms with E-state index in [0.717, 1.165) is 6.42 Å². The van der Waals surface area contributed by atoms with Gasteiger partial charge in [0, 0.05) is 6.54 Å². The van der Waals surface area contributed by atoms with E-state index in [1.165, 1.54) is 4.90 Å². The SMILES string of the molecule is CC(C)(C)OC(=O)N1CCCC1C(=O)Nc1cccc(Cl)c1Cl. The van der Waals surface area contributed by atoms with Crippen molar-refractivity contribution in [3.63, 3.8) is 0 Å². The quantitative estimate of drug-likeness (QED) is 0.855. The number of halogens is 2. The summed E-state index contributed by atoms with van der Waals surface area (Å²) in [6.07, 6.45) is 0.858. The summed E-state index contributed by atoms with van der Waals surface area (Å²) in [6, 6.07) is 4.44. The summed E-state index contributed by atoms with van der Waals surface area (Å²) in [5.74, 6) is -0.294. The number of amides is 2. The Hall–Kier alpha value is -1.46. The molecule has 0 aromatic heterocycles. The lowest BCUT2D eigenvalue weighted by Crippen LogP contribution is -2.45. The fraction of sp³-hybridized carbons (Fsp3) is 0.500. The van der Waals surface area contributed by atoms with Crippen LogP contribution in [-0.2, 0) is 9.53 Å². The third-order valence-corrected chi connectivity index (χ3v) is 4.21. The van der Waals surface area contributed by atoms with E-state index in [-0.39, 0.29) is 10.9 Å². The number of carbonyl (C=O) groups excluding carboxylic acids is 2. The molecule has 1 saturated heterocycles. The van der Waals surface area contributed by atoms with Crippen LogP contribution in [0.4, 0.5) is 10.5 Å². The Balaban J connectivity index is 2.09. The Morgan fingerprint density at radius 2 is 2.00 bits per heavy atom. The molecule has 1 fully saturated rings. The molecule has 1 heterocycles. The minimum Gasteiger partial charge on any atom is -0.444 e. The molecule has 1 unspecified atom stereocenters. The van der Waals surface area contributed by atoms with Crippen molar-refractivity contribution in [1.82, 2.24) is 4.90 Å². The molecule has 0 radical (unpaired) electrons. The lowest BCUT2D eigenvalue weighted by atomic mass is 10.2. The molecular weight excluding hydrogens is 339 g/mol. The van der Waals surface area contributed by atoms with Gasteiger partial charge in [-0.1, -0.05) is 29.3 Å². The third-order valence-electron chi connectivity index (χ3n) is 3.39. The van der Waals surface area contributed by atoms with Gasteiger partial charge in [-0.05, 0) is 45.7 Å². The first-order chi connectivity index (χ1) is 10.7. The van der Waals surface area contributed by atoms with Crippen LogP contribution in [0.1, 0.15) is 33.6 Å². The van der Waals surface area contributed by atoms with Crippen molar-refractivity contribution < 1.29 is 14.3 Å². The van der Waals surface area contributed by atoms with Crippen LogP contribution in [0, 0.1) is 0 Å². The van der Waals surface area contributed by atoms with Crippen LogP contribution in [0.5, 0.6) is 0 Å². The molecule has 1 aromatic carbocycles. The smallest absolute Gasteiger partial charge is 0.410 e. The van der Waals surface area contributed by atoms with Crippen LogP contribution >= 0.6 is 23.2 Å². The molecule has 5 nitrogen and oxygen atoms in total. The highest BCUT2D eigenvalue weighted by atomic mass is 35.5. The lowest BCUT2D eigenvalue weighted by molar-refractivity contribution is -0.120. The molecule has 0 bridgehead atoms. The summed E-state index contributed by atoms with van der Waals surface area (Å²) < 4.78 is 5.35. The minimum atomic E-state index is -0.600. The number of ether oxygens (including phenoxy) is 1. The molecule has 0 saturated carbocycles. The van der Waals surface area contributed by atoms with Gasteiger partial charge in [-0.15, -0.1) is 0 Å². The number of likely N-dealkylation sites (tertiary alicyclic amines) is 1. The number of rotatable bonds is 2. The number of nitrogens with one attached hydrogen (secondary N) is 1. The normalized spacial score (nSPS) is 18.0. The Kier molecular flexibility index (Phi) is 5.42. The monoisotopic (exact) mass is 358 g/mol. The highest BCUT2D eigenvalue weighted by molar-refractivity contribution is 6.44. The molecule has 2 amide bonds. The molecule has 1 aliphatic rings. The maximum atomic E-state index is 12.5. The number of hydrogen-bond donors (Lipinski definition) is 1. The van der Waals surface area contributed by atoms with E-state index < -0.39 is 17.7 Å². The van der Waals surface area contributed by atoms with Gasteiger partial charge < -0.3 is 10.1 Å². The topological polar surface area (TPSA) is 58.6 Å². The molecule has 23 heavy (non-hydrogen) atoms. The summed E-state index contributed by atoms with van der Waals surface area (Å²) in [5, 5.41) is 3.38. The van der Waals surface area contributed by atoms with Crippen LogP contribution in [-0.4, -0.2) is 35.1 Å². The van der Waals surface area contributed by atoms with E-state index >= 15 is 0 Å². The molecular formula is C16H20Cl2N2O3. The number of benzene rings is 1. The average Bonchev–Trinajstić information content (AvgIpc) is 2.91. The molecule has 0 aliphatic carbocycles. The van der Waals surface area contributed by atoms with Crippen molar-refractivity contribution in [3.8, 4) is 0 Å². The zero-order valence-corrected chi connectivity index (χ0v) is 14.9. The summed E-state index contributed by atoms with van der Waals surface area (Å²) >= 11 is 12.0. The highest BCUT2D eigenvalue weighted by Crippen LogP contribution is 2.30. The zero-order valence-electron chi connectivity index (χ0n) is 13.4. The van der Waals surface area contributed by atoms with Crippen molar-refractivity contribution in [1.29, 1.82) is 0 Å². The van der Waals surface area contributed by atoms with Crippen molar-refractivity contribution in [3.05, 3.63) is 28.2 Å². The van der Waals surface area contributed by atoms with Gasteiger partial charge in [-0.25, -0.2) is 4.79 Å². The zero-order chi connectivity index (χ0) is 17.2. The lowest BCUT2D eigenvalue weighted by Gasteiger charge is -2.28. The first-order valence-electron chi connectivity index (χ1n) is 7.43. The van der Waals surface area contributed by atoms with Crippen LogP contribution in [0.15, 0.2) is 18.2 Å². The predicted molar refractivity (Wildman–Crippen MR) is 91.1 cm³/mol. The van der Waals surface area contributed by atoms with Gasteiger partial charge >= 0.3 is 6.09 Å². The van der Waals surface area contributed by atoms with Gasteiger partial charge in [0.25, 0.3) is 0 Å². The Morgan fingerprint density at radius 1 is 1.30 bits per heavy atom. The van der Waals surface area contributed by atoms with Gasteiger partial charge in [-0.2, -0.15) is 0 Å². The molecule has 1 aliphatic heterocycles. The van der Waals surface area contributed by atoms with Gasteiger partial charge in [0.2, 0.25) is 5.91 Å². The fourth-order valence-electron chi connectivity index (χ4n) is 2.39. The highest BCUT2D eigenvalue weighted by Gasteiger charge is 2.36. The molecule has 1 aromatic rings. The molecule has 7 heteroatoms. The molecule has 1 N–H and O–H groups in total. The molecule has 1 atom stereocenters. The second-order valence-electron chi connectivity index (χ2n) is 6.42. The van der Waals surface area contributed by atoms with E-state index in [1.54, 1.807) is 39.0 Å². The van der Waals surface area contributed by atoms with Crippen LogP contribution in [0.3, 0.4) is 0 Å². The second-order valence-corrected chi connectivity index (χ2v) is 7.21. The van der Waals surface area contributed by atoms with Crippen molar-refractivity contribution in [2.75, 3.05) is 11.9 Å². The first-order valence-corrected chi connectivity index (χ1v) is 8.19. The standard InChI is InChI=1S/C16H20Cl2N2O3/c1-16(2,3)23-15(22)20-9-5-8-12(20)14(21)19-11-7-4-6-10(17)13(11)18/h4,6-7,12H,5,8-9H2,1-3H3,(H,19,21). The van der Waals surface area contributed by atoms with Crippen molar-refractivity contribution >= 4 is 40.9 Å². The van der Waals surface area contributed by atoms with Gasteiger partial charge in [0.1, 0.15) is 11.6 Å². The first kappa shape index (κ1) is 17.9. The predicted octanol–water partition coefficient (Wildman–Crippen LogP) is 4.33. The van der Waals surface area contributed by atoms with Crippen LogP contribution in [0.2, 0.25) is 10.0 Å². The fourth-order valence-corrected chi connectivity index (χ4v) is 2.74. The summed E-state index contributed by atoms with van der Waals surface area (Å²) in [7, 11) is 0. The maximum absolute atomic E-state index is 12.5. The van der Waals surface area contributed by atoms with E-state index in [9.17, 15) is 9.59 Å². The number of nitrogens with zero attached hydrogens (tertiary/aromatic N) is 1. The summed E-state index contributed by atoms with van der Waals surface area (Å²) in [6.45, 7) is 5.88. The van der Waals surface area contributed by atoms with Crippen molar-refractivity contribution in [2.24, 2.45) is 0 Å². The largest absolute Gasteiger partial charge is 0.444 e. The van der Waals surface area contributed by atoms with Gasteiger partial charge in [0.05, 0.1) is 15.7 Å². The van der Waals surface area contributed by atoms with Gasteiger partial charge in [0.15, 0.2) is 0 Å². The molecule has 126 valence electrons. The van der Waals surface area contributed by atoms with E-state index in [1.807, 2.05) is 0 Å². The van der Waals surface area contributed by atoms with Crippen LogP contribution in [0.25, 0.3) is 0 Å². The van der Waals surface area contributed by atoms with Gasteiger partial charge in [-0.3, -0.25) is 9.69 Å². The van der Waals surface area contributed by atoms with E-state index in [4.69, 9.17) is 27.9 Å². The Bertz CT molecular complexity index is 614. The van der Waals surface area contributed by atoms with Crippen molar-refractivity contribution in [2.45, 2.75) is 45.3 Å². The molecule has 0 spiro atoms. The number of carbonyl (C=O) groups is 2. The van der Waals surface area contributed by atoms with E-state index in [0.29, 0.717) is 23.7 Å². The summed E-state index contributed by atoms with van der Waals surface area (Å²) in [4.78, 5) is 26.2.